The number of esters is 1. The number of thiazole rings is 1. The second-order valence-electron chi connectivity index (χ2n) is 11.0. The van der Waals surface area contributed by atoms with Crippen LogP contribution in [-0.2, 0) is 16.1 Å². The van der Waals surface area contributed by atoms with Crippen LogP contribution >= 0.6 is 38.9 Å². The maximum Gasteiger partial charge on any atom is 0.338 e. The highest BCUT2D eigenvalue weighted by Gasteiger charge is 2.35. The third-order valence-electron chi connectivity index (χ3n) is 8.20. The molecular weight excluding hydrogens is 702 g/mol. The van der Waals surface area contributed by atoms with Crippen LogP contribution < -0.4 is 24.4 Å². The number of carbonyl (C=O) groups excluding carboxylic acids is 1. The Balaban J connectivity index is 1.56. The fraction of sp³-hybridized carbons (Fsp3) is 0.250. The van der Waals surface area contributed by atoms with E-state index in [0.29, 0.717) is 54.7 Å². The van der Waals surface area contributed by atoms with Crippen LogP contribution in [-0.4, -0.2) is 35.4 Å². The number of para-hydroxylation sites is 1. The molecular formula is C36H33BrClN3O5S. The van der Waals surface area contributed by atoms with E-state index in [1.165, 1.54) is 11.3 Å². The van der Waals surface area contributed by atoms with Gasteiger partial charge in [0.2, 0.25) is 0 Å². The summed E-state index contributed by atoms with van der Waals surface area (Å²) in [6.07, 6.45) is 1.94. The molecule has 3 heterocycles. The second kappa shape index (κ2) is 13.5. The van der Waals surface area contributed by atoms with Crippen LogP contribution in [0.5, 0.6) is 11.5 Å². The van der Waals surface area contributed by atoms with Gasteiger partial charge in [-0.25, -0.2) is 9.79 Å². The molecule has 0 unspecified atom stereocenters. The fourth-order valence-electron chi connectivity index (χ4n) is 6.02. The lowest BCUT2D eigenvalue weighted by molar-refractivity contribution is -0.139. The van der Waals surface area contributed by atoms with Crippen molar-refractivity contribution in [2.24, 2.45) is 4.99 Å². The summed E-state index contributed by atoms with van der Waals surface area (Å²) >= 11 is 11.1. The lowest BCUT2D eigenvalue weighted by Crippen LogP contribution is -2.40. The van der Waals surface area contributed by atoms with Gasteiger partial charge < -0.3 is 18.8 Å². The van der Waals surface area contributed by atoms with Gasteiger partial charge in [-0.3, -0.25) is 9.36 Å². The van der Waals surface area contributed by atoms with Crippen LogP contribution in [0.15, 0.2) is 86.2 Å². The van der Waals surface area contributed by atoms with E-state index in [2.05, 4.69) is 39.6 Å². The Hall–Kier alpha value is -4.12. The first-order valence-corrected chi connectivity index (χ1v) is 17.2. The van der Waals surface area contributed by atoms with Gasteiger partial charge in [0.25, 0.3) is 5.56 Å². The smallest absolute Gasteiger partial charge is 0.338 e. The van der Waals surface area contributed by atoms with E-state index < -0.39 is 12.0 Å². The number of ether oxygens (including phenoxy) is 3. The maximum atomic E-state index is 14.5. The van der Waals surface area contributed by atoms with Crippen molar-refractivity contribution in [3.63, 3.8) is 0 Å². The van der Waals surface area contributed by atoms with E-state index in [4.69, 9.17) is 30.8 Å². The highest BCUT2D eigenvalue weighted by molar-refractivity contribution is 9.10. The summed E-state index contributed by atoms with van der Waals surface area (Å²) in [6, 6.07) is 18.8. The van der Waals surface area contributed by atoms with Crippen LogP contribution in [0.2, 0.25) is 5.02 Å². The van der Waals surface area contributed by atoms with E-state index >= 15 is 0 Å². The number of halogens is 2. The average molecular weight is 735 g/mol. The van der Waals surface area contributed by atoms with Crippen LogP contribution in [0, 0.1) is 6.92 Å². The van der Waals surface area contributed by atoms with Gasteiger partial charge in [0.05, 0.1) is 42.2 Å². The largest absolute Gasteiger partial charge is 0.493 e. The normalized spacial score (nSPS) is 14.7. The van der Waals surface area contributed by atoms with Crippen LogP contribution in [0.3, 0.4) is 0 Å². The van der Waals surface area contributed by atoms with Crippen molar-refractivity contribution < 1.29 is 19.0 Å². The number of hydrogen-bond acceptors (Lipinski definition) is 7. The molecule has 47 heavy (non-hydrogen) atoms. The number of hydrogen-bond donors (Lipinski definition) is 0. The van der Waals surface area contributed by atoms with E-state index in [1.807, 2.05) is 49.4 Å². The molecule has 11 heteroatoms. The number of methoxy groups -OCH3 is 1. The Morgan fingerprint density at radius 1 is 1.06 bits per heavy atom. The molecule has 2 aromatic heterocycles. The predicted molar refractivity (Wildman–Crippen MR) is 189 cm³/mol. The zero-order valence-electron chi connectivity index (χ0n) is 26.6. The molecule has 0 fully saturated rings. The van der Waals surface area contributed by atoms with E-state index in [9.17, 15) is 9.59 Å². The Kier molecular flexibility index (Phi) is 9.46. The zero-order chi connectivity index (χ0) is 33.4. The van der Waals surface area contributed by atoms with Gasteiger partial charge in [0.15, 0.2) is 16.3 Å². The number of fused-ring (bicyclic) bond motifs is 2. The second-order valence-corrected chi connectivity index (χ2v) is 13.3. The molecule has 0 bridgehead atoms. The van der Waals surface area contributed by atoms with Gasteiger partial charge in [-0.2, -0.15) is 0 Å². The SMILES string of the molecule is CCOC(=O)C1=C(C)N=c2s/c(=C/c3c(C)n(Cc4ccc(Cl)cc4)c4ccccc34)c(=O)n2[C@H]1c1cc(OC)c(OCC)cc1Br. The number of aromatic nitrogens is 2. The zero-order valence-corrected chi connectivity index (χ0v) is 29.8. The first-order valence-electron chi connectivity index (χ1n) is 15.2. The van der Waals surface area contributed by atoms with E-state index in [0.717, 1.165) is 27.7 Å². The van der Waals surface area contributed by atoms with Gasteiger partial charge in [0, 0.05) is 38.2 Å². The van der Waals surface area contributed by atoms with Gasteiger partial charge in [-0.05, 0) is 75.2 Å². The molecule has 6 rings (SSSR count). The molecule has 5 aromatic rings. The van der Waals surface area contributed by atoms with Crippen molar-refractivity contribution in [3.8, 4) is 11.5 Å². The Morgan fingerprint density at radius 2 is 1.81 bits per heavy atom. The van der Waals surface area contributed by atoms with Crippen LogP contribution in [0.1, 0.15) is 49.2 Å². The van der Waals surface area contributed by atoms with Gasteiger partial charge in [-0.15, -0.1) is 0 Å². The molecule has 242 valence electrons. The Bertz CT molecular complexity index is 2230. The minimum atomic E-state index is -0.821. The summed E-state index contributed by atoms with van der Waals surface area (Å²) in [4.78, 5) is 33.2. The number of benzene rings is 3. The molecule has 0 saturated heterocycles. The number of nitrogens with zero attached hydrogens (tertiary/aromatic N) is 3. The van der Waals surface area contributed by atoms with Crippen molar-refractivity contribution in [1.29, 1.82) is 0 Å². The molecule has 0 N–H and O–H groups in total. The summed E-state index contributed by atoms with van der Waals surface area (Å²) in [6.45, 7) is 8.74. The number of rotatable bonds is 9. The highest BCUT2D eigenvalue weighted by atomic mass is 79.9. The molecule has 0 aliphatic carbocycles. The maximum absolute atomic E-state index is 14.5. The minimum absolute atomic E-state index is 0.180. The Morgan fingerprint density at radius 3 is 2.51 bits per heavy atom. The topological polar surface area (TPSA) is 84.1 Å². The predicted octanol–water partition coefficient (Wildman–Crippen LogP) is 6.93. The highest BCUT2D eigenvalue weighted by Crippen LogP contribution is 2.41. The molecule has 0 radical (unpaired) electrons. The summed E-state index contributed by atoms with van der Waals surface area (Å²) in [5, 5.41) is 1.72. The summed E-state index contributed by atoms with van der Waals surface area (Å²) in [5.41, 5.74) is 5.29. The van der Waals surface area contributed by atoms with E-state index in [-0.39, 0.29) is 17.7 Å². The minimum Gasteiger partial charge on any atom is -0.493 e. The molecule has 0 amide bonds. The summed E-state index contributed by atoms with van der Waals surface area (Å²) in [7, 11) is 1.56. The van der Waals surface area contributed by atoms with Crippen LogP contribution in [0.25, 0.3) is 17.0 Å². The first-order chi connectivity index (χ1) is 22.7. The quantitative estimate of drug-likeness (QED) is 0.154. The molecule has 1 aliphatic rings. The van der Waals surface area contributed by atoms with Gasteiger partial charge in [0.1, 0.15) is 0 Å². The summed E-state index contributed by atoms with van der Waals surface area (Å²) in [5.74, 6) is 0.491. The first kappa shape index (κ1) is 32.8. The van der Waals surface area contributed by atoms with Crippen LogP contribution in [0.4, 0.5) is 0 Å². The lowest BCUT2D eigenvalue weighted by atomic mass is 9.95. The third-order valence-corrected chi connectivity index (χ3v) is 10.1. The van der Waals surface area contributed by atoms with Gasteiger partial charge >= 0.3 is 5.97 Å². The van der Waals surface area contributed by atoms with Crippen molar-refractivity contribution in [2.45, 2.75) is 40.3 Å². The lowest BCUT2D eigenvalue weighted by Gasteiger charge is -2.26. The Labute approximate surface area is 289 Å². The molecule has 3 aromatic carbocycles. The standard InChI is InChI=1S/C36H33BrClN3O5S/c1-6-45-30-18-27(37)26(16-29(30)44-5)33-32(35(43)46-7-2)20(3)39-36-41(33)34(42)31(47-36)17-25-21(4)40(28-11-9-8-10-24(25)28)19-22-12-14-23(38)15-13-22/h8-18,33H,6-7,19H2,1-5H3/b31-17+/t33-/m0/s1. The third kappa shape index (κ3) is 6.06. The summed E-state index contributed by atoms with van der Waals surface area (Å²) < 4.78 is 21.9. The molecule has 1 aliphatic heterocycles. The van der Waals surface area contributed by atoms with Crippen molar-refractivity contribution in [1.82, 2.24) is 9.13 Å². The molecule has 0 saturated carbocycles. The average Bonchev–Trinajstić information content (AvgIpc) is 3.50. The molecule has 8 nitrogen and oxygen atoms in total. The van der Waals surface area contributed by atoms with Crippen molar-refractivity contribution >= 4 is 61.8 Å². The van der Waals surface area contributed by atoms with Crippen molar-refractivity contribution in [3.05, 3.63) is 124 Å². The molecule has 0 spiro atoms. The number of carbonyl (C=O) groups is 1. The fourth-order valence-corrected chi connectivity index (χ4v) is 7.71. The molecule has 1 atom stereocenters. The monoisotopic (exact) mass is 733 g/mol. The number of allylic oxidation sites excluding steroid dienone is 1. The van der Waals surface area contributed by atoms with Crippen molar-refractivity contribution in [2.75, 3.05) is 20.3 Å². The van der Waals surface area contributed by atoms with Gasteiger partial charge in [-0.1, -0.05) is 69.2 Å². The van der Waals surface area contributed by atoms with E-state index in [1.54, 1.807) is 37.7 Å².